The molecule has 1 aliphatic heterocycles. The zero-order valence-corrected chi connectivity index (χ0v) is 10.3. The number of rotatable bonds is 1. The third-order valence-corrected chi connectivity index (χ3v) is 3.06. The molecule has 0 radical (unpaired) electrons. The first kappa shape index (κ1) is 10.9. The Balaban J connectivity index is 2.00. The van der Waals surface area contributed by atoms with Crippen molar-refractivity contribution in [2.24, 2.45) is 0 Å². The van der Waals surface area contributed by atoms with E-state index in [9.17, 15) is 4.79 Å². The quantitative estimate of drug-likeness (QED) is 0.808. The molecule has 1 amide bonds. The predicted molar refractivity (Wildman–Crippen MR) is 69.6 cm³/mol. The highest BCUT2D eigenvalue weighted by Crippen LogP contribution is 2.33. The number of carbonyl (C=O) groups excluding carboxylic acids is 1. The van der Waals surface area contributed by atoms with Crippen LogP contribution in [0.4, 0.5) is 11.4 Å². The maximum Gasteiger partial charge on any atom is 0.251 e. The summed E-state index contributed by atoms with van der Waals surface area (Å²) in [5.41, 5.74) is 4.78. The van der Waals surface area contributed by atoms with E-state index in [0.717, 1.165) is 22.4 Å². The van der Waals surface area contributed by atoms with Crippen LogP contribution in [0.15, 0.2) is 35.1 Å². The molecule has 3 rings (SSSR count). The lowest BCUT2D eigenvalue weighted by Gasteiger charge is -2.24. The van der Waals surface area contributed by atoms with E-state index in [1.807, 2.05) is 26.0 Å². The Kier molecular flexibility index (Phi) is 2.37. The van der Waals surface area contributed by atoms with Crippen LogP contribution in [0, 0.1) is 13.8 Å². The summed E-state index contributed by atoms with van der Waals surface area (Å²) < 4.78 is 5.07. The molecule has 0 saturated carbocycles. The molecule has 0 saturated heterocycles. The fourth-order valence-corrected chi connectivity index (χ4v) is 2.34. The number of nitrogens with one attached hydrogen (secondary N) is 2. The molecule has 0 spiro atoms. The lowest BCUT2D eigenvalue weighted by atomic mass is 9.99. The molecule has 1 aromatic heterocycles. The van der Waals surface area contributed by atoms with Gasteiger partial charge in [0.2, 0.25) is 0 Å². The minimum Gasteiger partial charge on any atom is -0.468 e. The van der Waals surface area contributed by atoms with Crippen LogP contribution in [0.2, 0.25) is 0 Å². The highest BCUT2D eigenvalue weighted by Gasteiger charge is 2.28. The molecule has 18 heavy (non-hydrogen) atoms. The molecule has 2 N–H and O–H groups in total. The number of fused-ring (bicyclic) bond motifs is 1. The molecule has 4 nitrogen and oxygen atoms in total. The lowest BCUT2D eigenvalue weighted by molar-refractivity contribution is -0.117. The number of carbonyl (C=O) groups is 1. The van der Waals surface area contributed by atoms with E-state index in [4.69, 9.17) is 4.42 Å². The first-order valence-electron chi connectivity index (χ1n) is 5.85. The monoisotopic (exact) mass is 242 g/mol. The van der Waals surface area contributed by atoms with E-state index < -0.39 is 0 Å². The molecule has 1 aliphatic rings. The number of furan rings is 1. The van der Waals surface area contributed by atoms with Crippen LogP contribution in [-0.2, 0) is 4.79 Å². The average molecular weight is 242 g/mol. The molecule has 2 aromatic rings. The van der Waals surface area contributed by atoms with Crippen molar-refractivity contribution in [1.82, 2.24) is 0 Å². The minimum absolute atomic E-state index is 0.0612. The SMILES string of the molecule is Cc1cc(C)cc(C2Nc3cocc3NC2=O)c1. The van der Waals surface area contributed by atoms with Gasteiger partial charge in [-0.25, -0.2) is 0 Å². The molecule has 1 aromatic carbocycles. The maximum absolute atomic E-state index is 12.1. The van der Waals surface area contributed by atoms with Gasteiger partial charge in [-0.1, -0.05) is 29.3 Å². The zero-order chi connectivity index (χ0) is 12.7. The number of benzene rings is 1. The summed E-state index contributed by atoms with van der Waals surface area (Å²) in [5, 5.41) is 6.02. The Morgan fingerprint density at radius 3 is 2.44 bits per heavy atom. The second kappa shape index (κ2) is 3.91. The van der Waals surface area contributed by atoms with E-state index >= 15 is 0 Å². The van der Waals surface area contributed by atoms with Gasteiger partial charge in [0.25, 0.3) is 5.91 Å². The third-order valence-electron chi connectivity index (χ3n) is 3.06. The van der Waals surface area contributed by atoms with Gasteiger partial charge in [0, 0.05) is 0 Å². The van der Waals surface area contributed by atoms with Crippen LogP contribution in [-0.4, -0.2) is 5.91 Å². The van der Waals surface area contributed by atoms with Crippen LogP contribution < -0.4 is 10.6 Å². The first-order valence-corrected chi connectivity index (χ1v) is 5.85. The van der Waals surface area contributed by atoms with E-state index in [-0.39, 0.29) is 11.9 Å². The fourth-order valence-electron chi connectivity index (χ4n) is 2.34. The first-order chi connectivity index (χ1) is 8.63. The number of hydrogen-bond donors (Lipinski definition) is 2. The molecule has 4 heteroatoms. The number of amides is 1. The van der Waals surface area contributed by atoms with Crippen molar-refractivity contribution in [3.8, 4) is 0 Å². The Morgan fingerprint density at radius 2 is 1.72 bits per heavy atom. The molecule has 0 aliphatic carbocycles. The van der Waals surface area contributed by atoms with Crippen molar-refractivity contribution in [2.45, 2.75) is 19.9 Å². The minimum atomic E-state index is -0.367. The van der Waals surface area contributed by atoms with Gasteiger partial charge in [0.15, 0.2) is 0 Å². The van der Waals surface area contributed by atoms with Gasteiger partial charge in [0.05, 0.1) is 5.69 Å². The van der Waals surface area contributed by atoms with Gasteiger partial charge in [-0.2, -0.15) is 0 Å². The molecule has 1 atom stereocenters. The smallest absolute Gasteiger partial charge is 0.251 e. The molecule has 1 unspecified atom stereocenters. The largest absolute Gasteiger partial charge is 0.468 e. The molecule has 92 valence electrons. The molecular weight excluding hydrogens is 228 g/mol. The molecule has 0 fully saturated rings. The second-order valence-electron chi connectivity index (χ2n) is 4.69. The molecule has 2 heterocycles. The summed E-state index contributed by atoms with van der Waals surface area (Å²) in [4.78, 5) is 12.1. The van der Waals surface area contributed by atoms with Gasteiger partial charge in [-0.3, -0.25) is 4.79 Å². The van der Waals surface area contributed by atoms with Crippen molar-refractivity contribution < 1.29 is 9.21 Å². The topological polar surface area (TPSA) is 54.3 Å². The van der Waals surface area contributed by atoms with E-state index in [1.54, 1.807) is 6.26 Å². The Labute approximate surface area is 105 Å². The zero-order valence-electron chi connectivity index (χ0n) is 10.3. The Bertz CT molecular complexity index is 596. The van der Waals surface area contributed by atoms with Crippen molar-refractivity contribution in [3.63, 3.8) is 0 Å². The van der Waals surface area contributed by atoms with Crippen LogP contribution >= 0.6 is 0 Å². The van der Waals surface area contributed by atoms with Gasteiger partial charge in [-0.05, 0) is 19.4 Å². The van der Waals surface area contributed by atoms with Gasteiger partial charge in [0.1, 0.15) is 24.3 Å². The predicted octanol–water partition coefficient (Wildman–Crippen LogP) is 3.00. The second-order valence-corrected chi connectivity index (χ2v) is 4.69. The highest BCUT2D eigenvalue weighted by atomic mass is 16.3. The third kappa shape index (κ3) is 1.76. The van der Waals surface area contributed by atoms with Crippen molar-refractivity contribution >= 4 is 17.3 Å². The van der Waals surface area contributed by atoms with E-state index in [0.29, 0.717) is 5.69 Å². The van der Waals surface area contributed by atoms with Crippen LogP contribution in [0.25, 0.3) is 0 Å². The summed E-state index contributed by atoms with van der Waals surface area (Å²) in [6.45, 7) is 4.06. The Hall–Kier alpha value is -2.23. The lowest BCUT2D eigenvalue weighted by Crippen LogP contribution is -2.31. The summed E-state index contributed by atoms with van der Waals surface area (Å²) >= 11 is 0. The van der Waals surface area contributed by atoms with Gasteiger partial charge in [-0.15, -0.1) is 0 Å². The highest BCUT2D eigenvalue weighted by molar-refractivity contribution is 6.03. The average Bonchev–Trinajstić information content (AvgIpc) is 2.73. The summed E-state index contributed by atoms with van der Waals surface area (Å²) in [6.07, 6.45) is 3.13. The van der Waals surface area contributed by atoms with E-state index in [2.05, 4.69) is 16.7 Å². The number of hydrogen-bond acceptors (Lipinski definition) is 3. The Morgan fingerprint density at radius 1 is 1.06 bits per heavy atom. The maximum atomic E-state index is 12.1. The molecular formula is C14H14N2O2. The normalized spacial score (nSPS) is 17.9. The van der Waals surface area contributed by atoms with Crippen LogP contribution in [0.5, 0.6) is 0 Å². The summed E-state index contributed by atoms with van der Waals surface area (Å²) in [7, 11) is 0. The van der Waals surface area contributed by atoms with Gasteiger partial charge >= 0.3 is 0 Å². The van der Waals surface area contributed by atoms with Crippen molar-refractivity contribution in [1.29, 1.82) is 0 Å². The fraction of sp³-hybridized carbons (Fsp3) is 0.214. The summed E-state index contributed by atoms with van der Waals surface area (Å²) in [5.74, 6) is -0.0612. The van der Waals surface area contributed by atoms with Gasteiger partial charge < -0.3 is 15.1 Å². The van der Waals surface area contributed by atoms with Crippen LogP contribution in [0.1, 0.15) is 22.7 Å². The standard InChI is InChI=1S/C14H14N2O2/c1-8-3-9(2)5-10(4-8)13-14(17)16-12-7-18-6-11(12)15-13/h3-7,13,15H,1-2H3,(H,16,17). The number of anilines is 2. The number of aryl methyl sites for hydroxylation is 2. The summed E-state index contributed by atoms with van der Waals surface area (Å²) in [6, 6.07) is 5.77. The molecule has 0 bridgehead atoms. The van der Waals surface area contributed by atoms with E-state index in [1.165, 1.54) is 6.26 Å². The van der Waals surface area contributed by atoms with Crippen LogP contribution in [0.3, 0.4) is 0 Å². The van der Waals surface area contributed by atoms with Crippen molar-refractivity contribution in [3.05, 3.63) is 47.4 Å². The van der Waals surface area contributed by atoms with Crippen molar-refractivity contribution in [2.75, 3.05) is 10.6 Å².